The van der Waals surface area contributed by atoms with Crippen LogP contribution < -0.4 is 0 Å². The van der Waals surface area contributed by atoms with Gasteiger partial charge in [0.05, 0.1) is 15.5 Å². The molecule has 0 saturated carbocycles. The van der Waals surface area contributed by atoms with E-state index in [9.17, 15) is 16.8 Å². The Labute approximate surface area is 200 Å². The minimum absolute atomic E-state index is 0.0742. The van der Waals surface area contributed by atoms with Gasteiger partial charge in [0.2, 0.25) is 0 Å². The summed E-state index contributed by atoms with van der Waals surface area (Å²) in [6.07, 6.45) is 0. The van der Waals surface area contributed by atoms with Gasteiger partial charge in [-0.3, -0.25) is 0 Å². The maximum atomic E-state index is 13.9. The molecule has 0 amide bonds. The molecule has 0 saturated heterocycles. The van der Waals surface area contributed by atoms with E-state index in [1.807, 2.05) is 60.7 Å². The van der Waals surface area contributed by atoms with E-state index >= 15 is 0 Å². The van der Waals surface area contributed by atoms with Crippen molar-refractivity contribution in [2.75, 3.05) is 0 Å². The van der Waals surface area contributed by atoms with E-state index in [1.165, 1.54) is 31.2 Å². The molecule has 0 aliphatic rings. The van der Waals surface area contributed by atoms with Crippen LogP contribution in [0, 0.1) is 0 Å². The molecule has 34 heavy (non-hydrogen) atoms. The number of benzene rings is 4. The fraction of sp³-hybridized carbons (Fsp3) is 0.0370. The number of rotatable bonds is 7. The monoisotopic (exact) mass is 489 g/mol. The van der Waals surface area contributed by atoms with Crippen LogP contribution in [0.5, 0.6) is 0 Å². The molecule has 172 valence electrons. The van der Waals surface area contributed by atoms with Crippen LogP contribution in [-0.2, 0) is 20.0 Å². The van der Waals surface area contributed by atoms with E-state index < -0.39 is 20.0 Å². The Morgan fingerprint density at radius 1 is 0.500 bits per heavy atom. The Hall–Kier alpha value is -3.68. The first kappa shape index (κ1) is 23.5. The highest BCUT2D eigenvalue weighted by atomic mass is 32.3. The largest absolute Gasteiger partial charge is 0.277 e. The second-order valence-electron chi connectivity index (χ2n) is 7.53. The number of nitrogens with zero attached hydrogens (tertiary/aromatic N) is 1. The summed E-state index contributed by atoms with van der Waals surface area (Å²) in [4.78, 5) is -0.233. The fourth-order valence-electron chi connectivity index (χ4n) is 3.75. The van der Waals surface area contributed by atoms with Crippen molar-refractivity contribution in [3.63, 3.8) is 0 Å². The molecule has 0 fully saturated rings. The quantitative estimate of drug-likeness (QED) is 0.341. The maximum Gasteiger partial charge on any atom is 0.277 e. The van der Waals surface area contributed by atoms with Crippen LogP contribution in [0.1, 0.15) is 18.1 Å². The average molecular weight is 490 g/mol. The van der Waals surface area contributed by atoms with Crippen LogP contribution in [0.2, 0.25) is 0 Å². The summed E-state index contributed by atoms with van der Waals surface area (Å²) in [6, 6.07) is 33.5. The molecule has 5 nitrogen and oxygen atoms in total. The van der Waals surface area contributed by atoms with Gasteiger partial charge in [-0.25, -0.2) is 16.8 Å². The highest BCUT2D eigenvalue weighted by Gasteiger charge is 2.38. The van der Waals surface area contributed by atoms with Gasteiger partial charge in [0.25, 0.3) is 20.0 Å². The Morgan fingerprint density at radius 2 is 0.794 bits per heavy atom. The highest BCUT2D eigenvalue weighted by Crippen LogP contribution is 2.35. The summed E-state index contributed by atoms with van der Waals surface area (Å²) in [6.45, 7) is 1.52. The number of sulfonamides is 2. The summed E-state index contributed by atoms with van der Waals surface area (Å²) in [5.41, 5.74) is 1.97. The molecule has 4 aromatic carbocycles. The highest BCUT2D eigenvalue weighted by molar-refractivity contribution is 8.04. The van der Waals surface area contributed by atoms with E-state index in [0.717, 1.165) is 0 Å². The van der Waals surface area contributed by atoms with Gasteiger partial charge in [-0.15, -0.1) is 0 Å². The fourth-order valence-corrected chi connectivity index (χ4v) is 7.59. The lowest BCUT2D eigenvalue weighted by atomic mass is 9.96. The molecule has 0 bridgehead atoms. The second kappa shape index (κ2) is 9.67. The van der Waals surface area contributed by atoms with Crippen molar-refractivity contribution < 1.29 is 16.8 Å². The lowest BCUT2D eigenvalue weighted by Gasteiger charge is -2.27. The first-order valence-electron chi connectivity index (χ1n) is 10.6. The molecule has 0 radical (unpaired) electrons. The van der Waals surface area contributed by atoms with Crippen LogP contribution in [-0.4, -0.2) is 20.5 Å². The number of allylic oxidation sites excluding steroid dienone is 1. The zero-order chi connectivity index (χ0) is 24.2. The van der Waals surface area contributed by atoms with Gasteiger partial charge in [0.1, 0.15) is 0 Å². The topological polar surface area (TPSA) is 71.5 Å². The van der Waals surface area contributed by atoms with Gasteiger partial charge in [0.15, 0.2) is 0 Å². The summed E-state index contributed by atoms with van der Waals surface area (Å²) >= 11 is 0. The van der Waals surface area contributed by atoms with Crippen LogP contribution in [0.15, 0.2) is 137 Å². The van der Waals surface area contributed by atoms with Crippen molar-refractivity contribution in [2.24, 2.45) is 0 Å². The minimum atomic E-state index is -4.48. The zero-order valence-electron chi connectivity index (χ0n) is 18.4. The smallest absolute Gasteiger partial charge is 0.200 e. The van der Waals surface area contributed by atoms with Crippen molar-refractivity contribution in [3.05, 3.63) is 138 Å². The lowest BCUT2D eigenvalue weighted by molar-refractivity contribution is 0.528. The first-order valence-corrected chi connectivity index (χ1v) is 13.4. The van der Waals surface area contributed by atoms with Crippen LogP contribution in [0.3, 0.4) is 0 Å². The SMILES string of the molecule is CC(=C(c1ccccc1)c1ccccc1)N(S(=O)(=O)c1ccccc1)S(=O)(=O)c1ccccc1. The van der Waals surface area contributed by atoms with Crippen LogP contribution >= 0.6 is 0 Å². The van der Waals surface area contributed by atoms with Crippen LogP contribution in [0.25, 0.3) is 5.57 Å². The molecular formula is C27H23NO4S2. The van der Waals surface area contributed by atoms with Crippen molar-refractivity contribution in [2.45, 2.75) is 16.7 Å². The minimum Gasteiger partial charge on any atom is -0.200 e. The third-order valence-corrected chi connectivity index (χ3v) is 9.61. The van der Waals surface area contributed by atoms with E-state index in [1.54, 1.807) is 36.4 Å². The molecule has 4 aromatic rings. The Balaban J connectivity index is 2.08. The first-order chi connectivity index (χ1) is 16.3. The molecular weight excluding hydrogens is 466 g/mol. The maximum absolute atomic E-state index is 13.9. The predicted octanol–water partition coefficient (Wildman–Crippen LogP) is 5.55. The molecule has 0 aromatic heterocycles. The van der Waals surface area contributed by atoms with Gasteiger partial charge in [-0.1, -0.05) is 97.1 Å². The summed E-state index contributed by atoms with van der Waals surface area (Å²) < 4.78 is 56.0. The average Bonchev–Trinajstić information content (AvgIpc) is 2.86. The van der Waals surface area contributed by atoms with Crippen molar-refractivity contribution >= 4 is 25.6 Å². The molecule has 0 aliphatic heterocycles. The molecule has 7 heteroatoms. The van der Waals surface area contributed by atoms with E-state index in [2.05, 4.69) is 0 Å². The Bertz CT molecular complexity index is 1390. The molecule has 0 aliphatic carbocycles. The summed E-state index contributed by atoms with van der Waals surface area (Å²) in [5, 5.41) is 0. The van der Waals surface area contributed by atoms with Gasteiger partial charge in [-0.2, -0.15) is 3.71 Å². The Morgan fingerprint density at radius 3 is 1.12 bits per heavy atom. The molecule has 0 N–H and O–H groups in total. The molecule has 0 heterocycles. The van der Waals surface area contributed by atoms with Gasteiger partial charge in [0, 0.05) is 5.57 Å². The number of hydrogen-bond donors (Lipinski definition) is 0. The lowest BCUT2D eigenvalue weighted by Crippen LogP contribution is -2.36. The van der Waals surface area contributed by atoms with Crippen molar-refractivity contribution in [1.82, 2.24) is 3.71 Å². The second-order valence-corrected chi connectivity index (χ2v) is 11.3. The van der Waals surface area contributed by atoms with Gasteiger partial charge in [-0.05, 0) is 42.3 Å². The van der Waals surface area contributed by atoms with E-state index in [4.69, 9.17) is 0 Å². The number of hydrogen-bond acceptors (Lipinski definition) is 4. The molecule has 4 rings (SSSR count). The van der Waals surface area contributed by atoms with E-state index in [-0.39, 0.29) is 15.5 Å². The van der Waals surface area contributed by atoms with Gasteiger partial charge >= 0.3 is 0 Å². The summed E-state index contributed by atoms with van der Waals surface area (Å²) in [7, 11) is -8.96. The summed E-state index contributed by atoms with van der Waals surface area (Å²) in [5.74, 6) is 0. The van der Waals surface area contributed by atoms with Gasteiger partial charge < -0.3 is 0 Å². The van der Waals surface area contributed by atoms with Crippen LogP contribution in [0.4, 0.5) is 0 Å². The molecule has 0 spiro atoms. The zero-order valence-corrected chi connectivity index (χ0v) is 20.1. The molecule has 0 unspecified atom stereocenters. The normalized spacial score (nSPS) is 11.6. The standard InChI is InChI=1S/C27H23NO4S2/c1-22(27(23-14-6-2-7-15-23)24-16-8-3-9-17-24)28(33(29,30)25-18-10-4-11-19-25)34(31,32)26-20-12-5-13-21-26/h2-21H,1H3. The van der Waals surface area contributed by atoms with E-state index in [0.29, 0.717) is 20.4 Å². The van der Waals surface area contributed by atoms with Crippen molar-refractivity contribution in [1.29, 1.82) is 0 Å². The molecule has 0 atom stereocenters. The third-order valence-electron chi connectivity index (χ3n) is 5.28. The predicted molar refractivity (Wildman–Crippen MR) is 134 cm³/mol. The third kappa shape index (κ3) is 4.53. The van der Waals surface area contributed by atoms with Crippen molar-refractivity contribution in [3.8, 4) is 0 Å². The Kier molecular flexibility index (Phi) is 6.68.